The highest BCUT2D eigenvalue weighted by Crippen LogP contribution is 2.56. The fraction of sp³-hybridized carbons (Fsp3) is 0.0238. The average Bonchev–Trinajstić information content (AvgIpc) is 3.40. The second kappa shape index (κ2) is 10.4. The molecule has 202 valence electrons. The number of fused-ring (bicyclic) bond motifs is 3. The lowest BCUT2D eigenvalue weighted by molar-refractivity contribution is 0.769. The Kier molecular flexibility index (Phi) is 6.09. The molecule has 1 aliphatic rings. The van der Waals surface area contributed by atoms with E-state index in [0.717, 1.165) is 28.1 Å². The number of nitrogens with zero attached hydrogens (tertiary/aromatic N) is 1. The lowest BCUT2D eigenvalue weighted by Crippen LogP contribution is -2.28. The fourth-order valence-corrected chi connectivity index (χ4v) is 6.83. The Morgan fingerprint density at radius 2 is 0.791 bits per heavy atom. The summed E-state index contributed by atoms with van der Waals surface area (Å²) in [5.74, 6) is 0. The number of aromatic nitrogens is 1. The zero-order valence-corrected chi connectivity index (χ0v) is 23.7. The summed E-state index contributed by atoms with van der Waals surface area (Å²) >= 11 is 0. The first-order valence-corrected chi connectivity index (χ1v) is 14.8. The van der Waals surface area contributed by atoms with Crippen LogP contribution in [-0.2, 0) is 5.41 Å². The maximum absolute atomic E-state index is 5.13. The van der Waals surface area contributed by atoms with Gasteiger partial charge >= 0.3 is 0 Å². The minimum atomic E-state index is -0.429. The molecule has 0 bridgehead atoms. The molecule has 0 amide bonds. The van der Waals surface area contributed by atoms with E-state index < -0.39 is 5.41 Å². The van der Waals surface area contributed by atoms with Crippen LogP contribution in [0.5, 0.6) is 0 Å². The van der Waals surface area contributed by atoms with Gasteiger partial charge in [-0.05, 0) is 62.7 Å². The topological polar surface area (TPSA) is 12.9 Å². The van der Waals surface area contributed by atoms with Crippen molar-refractivity contribution in [1.29, 1.82) is 0 Å². The average molecular weight is 548 g/mol. The van der Waals surface area contributed by atoms with Gasteiger partial charge in [0.1, 0.15) is 0 Å². The van der Waals surface area contributed by atoms with Crippen LogP contribution in [0.1, 0.15) is 22.3 Å². The van der Waals surface area contributed by atoms with E-state index >= 15 is 0 Å². The molecule has 7 aromatic rings. The molecule has 0 aliphatic heterocycles. The van der Waals surface area contributed by atoms with E-state index in [0.29, 0.717) is 0 Å². The second-order valence-corrected chi connectivity index (χ2v) is 11.1. The summed E-state index contributed by atoms with van der Waals surface area (Å²) in [5, 5.41) is 0. The molecule has 1 heterocycles. The van der Waals surface area contributed by atoms with Crippen LogP contribution in [0.15, 0.2) is 176 Å². The minimum Gasteiger partial charge on any atom is -0.248 e. The molecule has 0 saturated heterocycles. The van der Waals surface area contributed by atoms with Gasteiger partial charge in [0.25, 0.3) is 0 Å². The molecule has 6 aromatic carbocycles. The third kappa shape index (κ3) is 4.13. The lowest BCUT2D eigenvalue weighted by atomic mass is 9.67. The van der Waals surface area contributed by atoms with Crippen LogP contribution in [0.3, 0.4) is 0 Å². The van der Waals surface area contributed by atoms with Crippen molar-refractivity contribution in [2.24, 2.45) is 0 Å². The van der Waals surface area contributed by atoms with Gasteiger partial charge < -0.3 is 0 Å². The predicted octanol–water partition coefficient (Wildman–Crippen LogP) is 10.4. The zero-order chi connectivity index (χ0) is 28.6. The standard InChI is InChI=1S/C42H29N/c1-5-15-30(16-6-1)40-28-33(29-41(43-40)31-17-7-2-8-18-31)32-25-26-37-36-23-13-14-24-38(36)42(39(37)27-32,34-19-9-3-10-20-34)35-21-11-4-12-22-35/h1-29H. The molecule has 43 heavy (non-hydrogen) atoms. The summed E-state index contributed by atoms with van der Waals surface area (Å²) in [4.78, 5) is 5.13. The smallest absolute Gasteiger partial charge is 0.0715 e. The van der Waals surface area contributed by atoms with E-state index in [4.69, 9.17) is 4.98 Å². The van der Waals surface area contributed by atoms with E-state index in [1.807, 2.05) is 0 Å². The van der Waals surface area contributed by atoms with Crippen LogP contribution < -0.4 is 0 Å². The number of hydrogen-bond donors (Lipinski definition) is 0. The highest BCUT2D eigenvalue weighted by molar-refractivity contribution is 5.89. The molecule has 0 unspecified atom stereocenters. The van der Waals surface area contributed by atoms with Crippen molar-refractivity contribution in [2.45, 2.75) is 5.41 Å². The van der Waals surface area contributed by atoms with Gasteiger partial charge in [0.15, 0.2) is 0 Å². The first kappa shape index (κ1) is 25.2. The molecule has 1 aromatic heterocycles. The Bertz CT molecular complexity index is 1950. The van der Waals surface area contributed by atoms with Crippen molar-refractivity contribution in [3.05, 3.63) is 198 Å². The number of hydrogen-bond acceptors (Lipinski definition) is 1. The van der Waals surface area contributed by atoms with Crippen LogP contribution in [-0.4, -0.2) is 4.98 Å². The van der Waals surface area contributed by atoms with E-state index in [1.165, 1.54) is 38.9 Å². The summed E-state index contributed by atoms with van der Waals surface area (Å²) in [7, 11) is 0. The molecule has 0 radical (unpaired) electrons. The van der Waals surface area contributed by atoms with Crippen LogP contribution in [0, 0.1) is 0 Å². The SMILES string of the molecule is c1ccc(-c2cc(-c3ccc4c(c3)C(c3ccccc3)(c3ccccc3)c3ccccc3-4)cc(-c3ccccc3)n2)cc1. The molecule has 0 saturated carbocycles. The second-order valence-electron chi connectivity index (χ2n) is 11.1. The largest absolute Gasteiger partial charge is 0.248 e. The number of benzene rings is 6. The van der Waals surface area contributed by atoms with Crippen LogP contribution in [0.4, 0.5) is 0 Å². The third-order valence-electron chi connectivity index (χ3n) is 8.76. The zero-order valence-electron chi connectivity index (χ0n) is 23.7. The van der Waals surface area contributed by atoms with Gasteiger partial charge in [-0.2, -0.15) is 0 Å². The normalized spacial score (nSPS) is 12.8. The first-order chi connectivity index (χ1) is 21.3. The maximum Gasteiger partial charge on any atom is 0.0715 e. The highest BCUT2D eigenvalue weighted by Gasteiger charge is 2.46. The molecule has 0 atom stereocenters. The molecule has 0 spiro atoms. The summed E-state index contributed by atoms with van der Waals surface area (Å²) in [6, 6.07) is 63.3. The van der Waals surface area contributed by atoms with Crippen LogP contribution in [0.2, 0.25) is 0 Å². The van der Waals surface area contributed by atoms with Crippen molar-refractivity contribution in [3.63, 3.8) is 0 Å². The monoisotopic (exact) mass is 547 g/mol. The predicted molar refractivity (Wildman–Crippen MR) is 178 cm³/mol. The quantitative estimate of drug-likeness (QED) is 0.209. The lowest BCUT2D eigenvalue weighted by Gasteiger charge is -2.34. The van der Waals surface area contributed by atoms with Gasteiger partial charge in [0.2, 0.25) is 0 Å². The Morgan fingerprint density at radius 3 is 1.35 bits per heavy atom. The highest BCUT2D eigenvalue weighted by atomic mass is 14.7. The minimum absolute atomic E-state index is 0.429. The van der Waals surface area contributed by atoms with Gasteiger partial charge in [-0.3, -0.25) is 0 Å². The Hall–Kier alpha value is -5.53. The van der Waals surface area contributed by atoms with E-state index in [-0.39, 0.29) is 0 Å². The summed E-state index contributed by atoms with van der Waals surface area (Å²) in [5.41, 5.74) is 13.8. The van der Waals surface area contributed by atoms with E-state index in [9.17, 15) is 0 Å². The summed E-state index contributed by atoms with van der Waals surface area (Å²) in [6.45, 7) is 0. The summed E-state index contributed by atoms with van der Waals surface area (Å²) < 4.78 is 0. The first-order valence-electron chi connectivity index (χ1n) is 14.8. The molecular formula is C42H29N. The van der Waals surface area contributed by atoms with Gasteiger partial charge in [-0.25, -0.2) is 4.98 Å². The van der Waals surface area contributed by atoms with Crippen LogP contribution >= 0.6 is 0 Å². The van der Waals surface area contributed by atoms with Crippen molar-refractivity contribution in [1.82, 2.24) is 4.98 Å². The van der Waals surface area contributed by atoms with E-state index in [1.54, 1.807) is 0 Å². The van der Waals surface area contributed by atoms with Crippen molar-refractivity contribution in [3.8, 4) is 44.8 Å². The van der Waals surface area contributed by atoms with Crippen molar-refractivity contribution in [2.75, 3.05) is 0 Å². The van der Waals surface area contributed by atoms with Gasteiger partial charge in [-0.1, -0.05) is 158 Å². The molecule has 1 aliphatic carbocycles. The van der Waals surface area contributed by atoms with Gasteiger partial charge in [-0.15, -0.1) is 0 Å². The number of pyridine rings is 1. The Labute approximate surface area is 252 Å². The van der Waals surface area contributed by atoms with Crippen LogP contribution in [0.25, 0.3) is 44.8 Å². The van der Waals surface area contributed by atoms with E-state index in [2.05, 4.69) is 176 Å². The third-order valence-corrected chi connectivity index (χ3v) is 8.76. The van der Waals surface area contributed by atoms with Gasteiger partial charge in [0, 0.05) is 11.1 Å². The maximum atomic E-state index is 5.13. The van der Waals surface area contributed by atoms with Crippen molar-refractivity contribution >= 4 is 0 Å². The molecule has 1 nitrogen and oxygen atoms in total. The molecular weight excluding hydrogens is 518 g/mol. The molecule has 0 fully saturated rings. The number of rotatable bonds is 5. The van der Waals surface area contributed by atoms with Crippen molar-refractivity contribution < 1.29 is 0 Å². The van der Waals surface area contributed by atoms with Gasteiger partial charge in [0.05, 0.1) is 16.8 Å². The Balaban J connectivity index is 1.41. The Morgan fingerprint density at radius 1 is 0.326 bits per heavy atom. The summed E-state index contributed by atoms with van der Waals surface area (Å²) in [6.07, 6.45) is 0. The molecule has 1 heteroatoms. The fourth-order valence-electron chi connectivity index (χ4n) is 6.83. The molecule has 0 N–H and O–H groups in total. The molecule has 8 rings (SSSR count).